The van der Waals surface area contributed by atoms with Gasteiger partial charge in [0.1, 0.15) is 11.6 Å². The minimum Gasteiger partial charge on any atom is -0.497 e. The second-order valence-electron chi connectivity index (χ2n) is 7.85. The third-order valence-electron chi connectivity index (χ3n) is 5.61. The molecule has 0 saturated carbocycles. The van der Waals surface area contributed by atoms with Crippen molar-refractivity contribution in [3.05, 3.63) is 54.4 Å². The quantitative estimate of drug-likeness (QED) is 0.629. The van der Waals surface area contributed by atoms with Gasteiger partial charge in [-0.15, -0.1) is 0 Å². The number of carbonyl (C=O) groups excluding carboxylic acids is 1. The molecule has 1 aromatic carbocycles. The predicted molar refractivity (Wildman–Crippen MR) is 119 cm³/mol. The summed E-state index contributed by atoms with van der Waals surface area (Å²) in [4.78, 5) is 25.0. The molecule has 0 bridgehead atoms. The van der Waals surface area contributed by atoms with E-state index in [0.29, 0.717) is 6.42 Å². The zero-order valence-corrected chi connectivity index (χ0v) is 17.6. The van der Waals surface area contributed by atoms with Gasteiger partial charge in [-0.1, -0.05) is 6.07 Å². The van der Waals surface area contributed by atoms with E-state index >= 15 is 0 Å². The number of nitrogens with one attached hydrogen (secondary N) is 2. The number of methoxy groups -OCH3 is 1. The van der Waals surface area contributed by atoms with Crippen LogP contribution in [0.3, 0.4) is 0 Å². The topological polar surface area (TPSA) is 73.5 Å². The van der Waals surface area contributed by atoms with E-state index in [1.54, 1.807) is 7.11 Å². The Labute approximate surface area is 177 Å². The van der Waals surface area contributed by atoms with Gasteiger partial charge in [0.2, 0.25) is 5.91 Å². The van der Waals surface area contributed by atoms with Gasteiger partial charge in [-0.3, -0.25) is 9.69 Å². The molecule has 3 aromatic rings. The number of ether oxygens (including phenoxy) is 1. The van der Waals surface area contributed by atoms with Crippen LogP contribution in [0.2, 0.25) is 0 Å². The summed E-state index contributed by atoms with van der Waals surface area (Å²) >= 11 is 0. The van der Waals surface area contributed by atoms with Gasteiger partial charge >= 0.3 is 0 Å². The number of H-pyrrole nitrogens is 1. The molecular weight excluding hydrogens is 378 g/mol. The number of nitrogens with zero attached hydrogens (tertiary/aromatic N) is 3. The molecule has 0 spiro atoms. The molecule has 3 heterocycles. The predicted octanol–water partition coefficient (Wildman–Crippen LogP) is 2.44. The van der Waals surface area contributed by atoms with Crippen LogP contribution in [0.25, 0.3) is 10.9 Å². The molecule has 0 radical (unpaired) electrons. The van der Waals surface area contributed by atoms with Gasteiger partial charge in [-0.25, -0.2) is 4.98 Å². The van der Waals surface area contributed by atoms with Gasteiger partial charge in [0.25, 0.3) is 0 Å². The van der Waals surface area contributed by atoms with Crippen molar-refractivity contribution in [2.75, 3.05) is 44.7 Å². The third kappa shape index (κ3) is 4.74. The first-order chi connectivity index (χ1) is 14.6. The number of aromatic amines is 1. The highest BCUT2D eigenvalue weighted by Crippen LogP contribution is 2.24. The van der Waals surface area contributed by atoms with Crippen LogP contribution in [0.4, 0.5) is 5.82 Å². The maximum Gasteiger partial charge on any atom is 0.224 e. The largest absolute Gasteiger partial charge is 0.497 e. The van der Waals surface area contributed by atoms with Crippen molar-refractivity contribution in [1.29, 1.82) is 0 Å². The SMILES string of the molecule is COc1ccc2[nH]cc(CC(=O)NC(C)CN3CCN(c4ccccn4)CC3)c2c1. The number of carbonyl (C=O) groups is 1. The number of anilines is 1. The van der Waals surface area contributed by atoms with Crippen LogP contribution in [0.15, 0.2) is 48.8 Å². The van der Waals surface area contributed by atoms with E-state index in [0.717, 1.165) is 60.8 Å². The van der Waals surface area contributed by atoms with E-state index < -0.39 is 0 Å². The van der Waals surface area contributed by atoms with Crippen molar-refractivity contribution in [3.63, 3.8) is 0 Å². The van der Waals surface area contributed by atoms with Crippen LogP contribution in [-0.4, -0.2) is 66.7 Å². The van der Waals surface area contributed by atoms with Crippen LogP contribution in [0.1, 0.15) is 12.5 Å². The lowest BCUT2D eigenvalue weighted by Crippen LogP contribution is -2.51. The number of benzene rings is 1. The Morgan fingerprint density at radius 2 is 2.07 bits per heavy atom. The molecule has 1 amide bonds. The standard InChI is InChI=1S/C23H29N5O2/c1-17(16-27-9-11-28(12-10-27)22-5-3-4-8-24-22)26-23(29)13-18-15-25-21-7-6-19(30-2)14-20(18)21/h3-8,14-15,17,25H,9-13,16H2,1-2H3,(H,26,29). The van der Waals surface area contributed by atoms with Gasteiger partial charge in [-0.05, 0) is 42.8 Å². The normalized spacial score (nSPS) is 15.9. The highest BCUT2D eigenvalue weighted by molar-refractivity contribution is 5.89. The minimum absolute atomic E-state index is 0.0401. The van der Waals surface area contributed by atoms with Gasteiger partial charge in [0.15, 0.2) is 0 Å². The molecule has 1 atom stereocenters. The van der Waals surface area contributed by atoms with Crippen molar-refractivity contribution >= 4 is 22.6 Å². The molecule has 0 aliphatic carbocycles. The van der Waals surface area contributed by atoms with Crippen LogP contribution in [0.5, 0.6) is 5.75 Å². The Morgan fingerprint density at radius 1 is 1.23 bits per heavy atom. The second kappa shape index (κ2) is 9.17. The molecule has 7 heteroatoms. The third-order valence-corrected chi connectivity index (χ3v) is 5.61. The summed E-state index contributed by atoms with van der Waals surface area (Å²) in [5.41, 5.74) is 2.00. The number of hydrogen-bond acceptors (Lipinski definition) is 5. The molecular formula is C23H29N5O2. The summed E-state index contributed by atoms with van der Waals surface area (Å²) < 4.78 is 5.31. The average molecular weight is 408 g/mol. The smallest absolute Gasteiger partial charge is 0.224 e. The van der Waals surface area contributed by atoms with E-state index in [2.05, 4.69) is 38.1 Å². The highest BCUT2D eigenvalue weighted by Gasteiger charge is 2.20. The zero-order valence-electron chi connectivity index (χ0n) is 17.6. The number of hydrogen-bond donors (Lipinski definition) is 2. The zero-order chi connectivity index (χ0) is 20.9. The van der Waals surface area contributed by atoms with Crippen LogP contribution in [-0.2, 0) is 11.2 Å². The molecule has 158 valence electrons. The molecule has 1 aliphatic heterocycles. The van der Waals surface area contributed by atoms with Gasteiger partial charge < -0.3 is 19.9 Å². The van der Waals surface area contributed by atoms with E-state index in [9.17, 15) is 4.79 Å². The monoisotopic (exact) mass is 407 g/mol. The lowest BCUT2D eigenvalue weighted by molar-refractivity contribution is -0.121. The van der Waals surface area contributed by atoms with Gasteiger partial charge in [-0.2, -0.15) is 0 Å². The Hall–Kier alpha value is -3.06. The maximum atomic E-state index is 12.6. The first-order valence-corrected chi connectivity index (χ1v) is 10.4. The lowest BCUT2D eigenvalue weighted by atomic mass is 10.1. The van der Waals surface area contributed by atoms with Crippen LogP contribution in [0, 0.1) is 0 Å². The fraction of sp³-hybridized carbons (Fsp3) is 0.391. The highest BCUT2D eigenvalue weighted by atomic mass is 16.5. The number of amides is 1. The molecule has 1 fully saturated rings. The second-order valence-corrected chi connectivity index (χ2v) is 7.85. The fourth-order valence-electron chi connectivity index (χ4n) is 4.06. The van der Waals surface area contributed by atoms with E-state index in [-0.39, 0.29) is 11.9 Å². The first kappa shape index (κ1) is 20.2. The number of piperazine rings is 1. The van der Waals surface area contributed by atoms with Crippen molar-refractivity contribution in [1.82, 2.24) is 20.2 Å². The van der Waals surface area contributed by atoms with Crippen molar-refractivity contribution in [2.45, 2.75) is 19.4 Å². The van der Waals surface area contributed by atoms with Crippen LogP contribution >= 0.6 is 0 Å². The molecule has 1 saturated heterocycles. The molecule has 1 aliphatic rings. The van der Waals surface area contributed by atoms with Gasteiger partial charge in [0.05, 0.1) is 13.5 Å². The van der Waals surface area contributed by atoms with Gasteiger partial charge in [0, 0.05) is 62.1 Å². The van der Waals surface area contributed by atoms with Crippen LogP contribution < -0.4 is 15.0 Å². The summed E-state index contributed by atoms with van der Waals surface area (Å²) in [6.45, 7) is 6.77. The van der Waals surface area contributed by atoms with Crippen molar-refractivity contribution < 1.29 is 9.53 Å². The lowest BCUT2D eigenvalue weighted by Gasteiger charge is -2.36. The minimum atomic E-state index is 0.0401. The van der Waals surface area contributed by atoms with E-state index in [1.807, 2.05) is 42.7 Å². The molecule has 2 aromatic heterocycles. The Balaban J connectivity index is 1.26. The Bertz CT molecular complexity index is 980. The maximum absolute atomic E-state index is 12.6. The molecule has 7 nitrogen and oxygen atoms in total. The van der Waals surface area contributed by atoms with Crippen molar-refractivity contribution in [2.24, 2.45) is 0 Å². The number of aromatic nitrogens is 2. The fourth-order valence-corrected chi connectivity index (χ4v) is 4.06. The summed E-state index contributed by atoms with van der Waals surface area (Å²) in [5.74, 6) is 1.87. The first-order valence-electron chi connectivity index (χ1n) is 10.4. The molecule has 30 heavy (non-hydrogen) atoms. The molecule has 2 N–H and O–H groups in total. The summed E-state index contributed by atoms with van der Waals surface area (Å²) in [6, 6.07) is 12.0. The number of fused-ring (bicyclic) bond motifs is 1. The molecule has 1 unspecified atom stereocenters. The molecule has 4 rings (SSSR count). The Kier molecular flexibility index (Phi) is 6.18. The number of pyridine rings is 1. The van der Waals surface area contributed by atoms with E-state index in [4.69, 9.17) is 4.74 Å². The average Bonchev–Trinajstić information content (AvgIpc) is 3.16. The Morgan fingerprint density at radius 3 is 2.80 bits per heavy atom. The summed E-state index contributed by atoms with van der Waals surface area (Å²) in [5, 5.41) is 4.18. The van der Waals surface area contributed by atoms with E-state index in [1.165, 1.54) is 0 Å². The summed E-state index contributed by atoms with van der Waals surface area (Å²) in [7, 11) is 1.65. The number of rotatable bonds is 7. The summed E-state index contributed by atoms with van der Waals surface area (Å²) in [6.07, 6.45) is 4.10. The van der Waals surface area contributed by atoms with Crippen molar-refractivity contribution in [3.8, 4) is 5.75 Å².